The molecule has 66 valence electrons. The van der Waals surface area contributed by atoms with Crippen molar-refractivity contribution < 1.29 is 0 Å². The summed E-state index contributed by atoms with van der Waals surface area (Å²) in [5, 5.41) is 4.47. The third-order valence-corrected chi connectivity index (χ3v) is 4.11. The van der Waals surface area contributed by atoms with E-state index in [0.29, 0.717) is 0 Å². The van der Waals surface area contributed by atoms with Gasteiger partial charge in [0.15, 0.2) is 0 Å². The van der Waals surface area contributed by atoms with Crippen LogP contribution in [0.3, 0.4) is 0 Å². The van der Waals surface area contributed by atoms with Gasteiger partial charge in [-0.3, -0.25) is 4.68 Å². The number of aryl methyl sites for hydroxylation is 2. The SMILES string of the molecule is Cn1nc2c(c1Br)CCSCC2. The number of nitrogens with zero attached hydrogens (tertiary/aromatic N) is 2. The third-order valence-electron chi connectivity index (χ3n) is 2.13. The second-order valence-corrected chi connectivity index (χ2v) is 4.93. The van der Waals surface area contributed by atoms with E-state index >= 15 is 0 Å². The predicted molar refractivity (Wildman–Crippen MR) is 55.6 cm³/mol. The number of hydrogen-bond donors (Lipinski definition) is 0. The molecule has 0 N–H and O–H groups in total. The lowest BCUT2D eigenvalue weighted by atomic mass is 10.2. The molecule has 0 aliphatic carbocycles. The normalized spacial score (nSPS) is 17.2. The van der Waals surface area contributed by atoms with Crippen LogP contribution < -0.4 is 0 Å². The summed E-state index contributed by atoms with van der Waals surface area (Å²) in [7, 11) is 1.99. The summed E-state index contributed by atoms with van der Waals surface area (Å²) in [6, 6.07) is 0. The van der Waals surface area contributed by atoms with Gasteiger partial charge in [0.05, 0.1) is 5.69 Å². The molecule has 4 heteroatoms. The molecule has 0 saturated heterocycles. The van der Waals surface area contributed by atoms with Gasteiger partial charge in [0.25, 0.3) is 0 Å². The van der Waals surface area contributed by atoms with Crippen molar-refractivity contribution in [3.8, 4) is 0 Å². The maximum absolute atomic E-state index is 4.47. The highest BCUT2D eigenvalue weighted by atomic mass is 79.9. The molecular weight excluding hydrogens is 236 g/mol. The number of halogens is 1. The minimum Gasteiger partial charge on any atom is -0.261 e. The number of rotatable bonds is 0. The molecule has 2 rings (SSSR count). The number of fused-ring (bicyclic) bond motifs is 1. The summed E-state index contributed by atoms with van der Waals surface area (Å²) >= 11 is 5.58. The lowest BCUT2D eigenvalue weighted by Crippen LogP contribution is -1.93. The fraction of sp³-hybridized carbons (Fsp3) is 0.625. The van der Waals surface area contributed by atoms with Gasteiger partial charge < -0.3 is 0 Å². The van der Waals surface area contributed by atoms with Gasteiger partial charge in [-0.1, -0.05) is 0 Å². The Bertz CT molecular complexity index is 295. The molecule has 0 saturated carbocycles. The smallest absolute Gasteiger partial charge is 0.107 e. The van der Waals surface area contributed by atoms with Gasteiger partial charge in [-0.05, 0) is 33.9 Å². The van der Waals surface area contributed by atoms with Gasteiger partial charge in [-0.15, -0.1) is 0 Å². The van der Waals surface area contributed by atoms with Crippen LogP contribution in [0.2, 0.25) is 0 Å². The van der Waals surface area contributed by atoms with E-state index < -0.39 is 0 Å². The highest BCUT2D eigenvalue weighted by Gasteiger charge is 2.15. The molecule has 0 fully saturated rings. The molecule has 0 unspecified atom stereocenters. The summed E-state index contributed by atoms with van der Waals surface area (Å²) in [6.45, 7) is 0. The third kappa shape index (κ3) is 1.42. The summed E-state index contributed by atoms with van der Waals surface area (Å²) in [5.74, 6) is 2.45. The van der Waals surface area contributed by atoms with Crippen LogP contribution in [0, 0.1) is 0 Å². The van der Waals surface area contributed by atoms with Crippen LogP contribution in [0.4, 0.5) is 0 Å². The van der Waals surface area contributed by atoms with Gasteiger partial charge in [-0.25, -0.2) is 0 Å². The zero-order chi connectivity index (χ0) is 8.55. The van der Waals surface area contributed by atoms with Crippen molar-refractivity contribution in [1.82, 2.24) is 9.78 Å². The summed E-state index contributed by atoms with van der Waals surface area (Å²) in [5.41, 5.74) is 2.71. The lowest BCUT2D eigenvalue weighted by Gasteiger charge is -1.95. The Morgan fingerprint density at radius 1 is 1.42 bits per heavy atom. The predicted octanol–water partition coefficient (Wildman–Crippen LogP) is 2.01. The Balaban J connectivity index is 2.42. The highest BCUT2D eigenvalue weighted by Crippen LogP contribution is 2.25. The average molecular weight is 247 g/mol. The minimum absolute atomic E-state index is 1.12. The van der Waals surface area contributed by atoms with Crippen molar-refractivity contribution in [3.05, 3.63) is 15.9 Å². The molecule has 0 bridgehead atoms. The zero-order valence-corrected chi connectivity index (χ0v) is 9.41. The summed E-state index contributed by atoms with van der Waals surface area (Å²) < 4.78 is 3.10. The number of hydrogen-bond acceptors (Lipinski definition) is 2. The Morgan fingerprint density at radius 3 is 3.00 bits per heavy atom. The molecular formula is C8H11BrN2S. The molecule has 1 aromatic heterocycles. The summed E-state index contributed by atoms with van der Waals surface area (Å²) in [6.07, 6.45) is 2.29. The Kier molecular flexibility index (Phi) is 2.46. The molecule has 12 heavy (non-hydrogen) atoms. The maximum Gasteiger partial charge on any atom is 0.107 e. The standard InChI is InChI=1S/C8H11BrN2S/c1-11-8(9)6-2-4-12-5-3-7(6)10-11/h2-5H2,1H3. The monoisotopic (exact) mass is 246 g/mol. The Hall–Kier alpha value is 0.0400. The molecule has 1 aliphatic heterocycles. The Morgan fingerprint density at radius 2 is 2.17 bits per heavy atom. The van der Waals surface area contributed by atoms with Gasteiger partial charge in [0.2, 0.25) is 0 Å². The first-order valence-corrected chi connectivity index (χ1v) is 6.02. The van der Waals surface area contributed by atoms with Gasteiger partial charge in [-0.2, -0.15) is 16.9 Å². The molecule has 0 amide bonds. The van der Waals surface area contributed by atoms with Crippen LogP contribution in [0.25, 0.3) is 0 Å². The van der Waals surface area contributed by atoms with Crippen molar-refractivity contribution in [2.45, 2.75) is 12.8 Å². The van der Waals surface area contributed by atoms with Crippen molar-refractivity contribution in [1.29, 1.82) is 0 Å². The molecule has 0 aromatic carbocycles. The van der Waals surface area contributed by atoms with Crippen molar-refractivity contribution in [2.24, 2.45) is 7.05 Å². The van der Waals surface area contributed by atoms with E-state index in [4.69, 9.17) is 0 Å². The van der Waals surface area contributed by atoms with E-state index in [2.05, 4.69) is 21.0 Å². The van der Waals surface area contributed by atoms with E-state index in [0.717, 1.165) is 12.8 Å². The molecule has 1 aliphatic rings. The average Bonchev–Trinajstić information content (AvgIpc) is 2.30. The van der Waals surface area contributed by atoms with Crippen molar-refractivity contribution in [3.63, 3.8) is 0 Å². The van der Waals surface area contributed by atoms with Crippen LogP contribution in [0.1, 0.15) is 11.3 Å². The largest absolute Gasteiger partial charge is 0.261 e. The highest BCUT2D eigenvalue weighted by molar-refractivity contribution is 9.10. The van der Waals surface area contributed by atoms with Crippen LogP contribution in [0.15, 0.2) is 4.60 Å². The molecule has 1 aromatic rings. The van der Waals surface area contributed by atoms with Gasteiger partial charge in [0, 0.05) is 19.0 Å². The van der Waals surface area contributed by atoms with E-state index in [9.17, 15) is 0 Å². The Labute approximate surface area is 84.8 Å². The molecule has 0 spiro atoms. The van der Waals surface area contributed by atoms with Crippen LogP contribution in [-0.4, -0.2) is 21.3 Å². The van der Waals surface area contributed by atoms with E-state index in [-0.39, 0.29) is 0 Å². The molecule has 0 radical (unpaired) electrons. The van der Waals surface area contributed by atoms with Crippen LogP contribution in [-0.2, 0) is 19.9 Å². The van der Waals surface area contributed by atoms with E-state index in [1.165, 1.54) is 27.4 Å². The molecule has 0 atom stereocenters. The second kappa shape index (κ2) is 3.42. The fourth-order valence-electron chi connectivity index (χ4n) is 1.49. The van der Waals surface area contributed by atoms with Crippen LogP contribution in [0.5, 0.6) is 0 Å². The van der Waals surface area contributed by atoms with Crippen molar-refractivity contribution >= 4 is 27.7 Å². The quantitative estimate of drug-likeness (QED) is 0.698. The first-order chi connectivity index (χ1) is 5.79. The van der Waals surface area contributed by atoms with Gasteiger partial charge >= 0.3 is 0 Å². The zero-order valence-electron chi connectivity index (χ0n) is 7.01. The van der Waals surface area contributed by atoms with Crippen LogP contribution >= 0.6 is 27.7 Å². The molecule has 2 heterocycles. The minimum atomic E-state index is 1.12. The lowest BCUT2D eigenvalue weighted by molar-refractivity contribution is 0.731. The first kappa shape index (κ1) is 8.63. The molecule has 2 nitrogen and oxygen atoms in total. The van der Waals surface area contributed by atoms with E-state index in [1.807, 2.05) is 23.5 Å². The fourth-order valence-corrected chi connectivity index (χ4v) is 2.89. The van der Waals surface area contributed by atoms with E-state index in [1.54, 1.807) is 0 Å². The first-order valence-electron chi connectivity index (χ1n) is 4.07. The van der Waals surface area contributed by atoms with Gasteiger partial charge in [0.1, 0.15) is 4.60 Å². The second-order valence-electron chi connectivity index (χ2n) is 2.95. The summed E-state index contributed by atoms with van der Waals surface area (Å²) in [4.78, 5) is 0. The number of thioether (sulfide) groups is 1. The topological polar surface area (TPSA) is 17.8 Å². The maximum atomic E-state index is 4.47. The number of aromatic nitrogens is 2. The van der Waals surface area contributed by atoms with Crippen molar-refractivity contribution in [2.75, 3.05) is 11.5 Å².